The zero-order chi connectivity index (χ0) is 14.8. The quantitative estimate of drug-likeness (QED) is 0.346. The number of hydrogen-bond donors (Lipinski definition) is 0. The van der Waals surface area contributed by atoms with Crippen molar-refractivity contribution in [3.05, 3.63) is 33.3 Å². The molecule has 0 aliphatic heterocycles. The summed E-state index contributed by atoms with van der Waals surface area (Å²) < 4.78 is 4.68. The first kappa shape index (κ1) is 15.1. The second-order valence-corrected chi connectivity index (χ2v) is 6.28. The molecule has 5 nitrogen and oxygen atoms in total. The van der Waals surface area contributed by atoms with Crippen molar-refractivity contribution in [2.24, 2.45) is 5.41 Å². The van der Waals surface area contributed by atoms with Gasteiger partial charge in [-0.25, -0.2) is 0 Å². The van der Waals surface area contributed by atoms with Crippen molar-refractivity contribution in [1.29, 1.82) is 0 Å². The molecule has 0 heterocycles. The van der Waals surface area contributed by atoms with Gasteiger partial charge in [0, 0.05) is 11.8 Å². The Kier molecular flexibility index (Phi) is 4.55. The van der Waals surface area contributed by atoms with Gasteiger partial charge in [0.1, 0.15) is 4.90 Å². The van der Waals surface area contributed by atoms with E-state index in [-0.39, 0.29) is 17.1 Å². The van der Waals surface area contributed by atoms with E-state index in [1.54, 1.807) is 12.1 Å². The number of nitro groups is 1. The molecule has 0 N–H and O–H groups in total. The molecule has 1 saturated carbocycles. The molecule has 0 saturated heterocycles. The Morgan fingerprint density at radius 1 is 1.55 bits per heavy atom. The van der Waals surface area contributed by atoms with Crippen molar-refractivity contribution in [2.75, 3.05) is 12.9 Å². The van der Waals surface area contributed by atoms with E-state index in [1.165, 1.54) is 24.9 Å². The highest BCUT2D eigenvalue weighted by molar-refractivity contribution is 7.99. The summed E-state index contributed by atoms with van der Waals surface area (Å²) in [6.45, 7) is 0. The van der Waals surface area contributed by atoms with Gasteiger partial charge in [-0.2, -0.15) is 0 Å². The molecule has 0 spiro atoms. The summed E-state index contributed by atoms with van der Waals surface area (Å²) in [4.78, 5) is 22.4. The van der Waals surface area contributed by atoms with Crippen molar-refractivity contribution in [3.8, 4) is 0 Å². The molecular weight excluding hydrogens is 302 g/mol. The number of nitrogens with zero attached hydrogens (tertiary/aromatic N) is 1. The fraction of sp³-hybridized carbons (Fsp3) is 0.462. The fourth-order valence-corrected chi connectivity index (χ4v) is 3.61. The summed E-state index contributed by atoms with van der Waals surface area (Å²) in [6, 6.07) is 4.64. The number of thioether (sulfide) groups is 1. The van der Waals surface area contributed by atoms with Gasteiger partial charge in [-0.15, -0.1) is 11.8 Å². The van der Waals surface area contributed by atoms with Gasteiger partial charge >= 0.3 is 5.97 Å². The first-order valence-corrected chi connectivity index (χ1v) is 7.46. The Morgan fingerprint density at radius 3 is 2.80 bits per heavy atom. The highest BCUT2D eigenvalue weighted by Crippen LogP contribution is 2.53. The van der Waals surface area contributed by atoms with E-state index in [2.05, 4.69) is 4.74 Å². The number of esters is 1. The number of benzene rings is 1. The van der Waals surface area contributed by atoms with Gasteiger partial charge in [0.15, 0.2) is 0 Å². The zero-order valence-electron chi connectivity index (χ0n) is 10.9. The highest BCUT2D eigenvalue weighted by Gasteiger charge is 2.45. The van der Waals surface area contributed by atoms with Gasteiger partial charge in [-0.05, 0) is 24.3 Å². The molecule has 1 aromatic carbocycles. The van der Waals surface area contributed by atoms with Crippen LogP contribution in [0.2, 0.25) is 5.02 Å². The van der Waals surface area contributed by atoms with Crippen LogP contribution in [0.3, 0.4) is 0 Å². The predicted octanol–water partition coefficient (Wildman–Crippen LogP) is 3.68. The van der Waals surface area contributed by atoms with Crippen LogP contribution in [-0.2, 0) is 9.53 Å². The standard InChI is InChI=1S/C13H14ClNO4S/c1-19-11(16)7-13(5-6-13)8-20-12-9(14)3-2-4-10(12)15(17)18/h2-4H,5-8H2,1H3. The van der Waals surface area contributed by atoms with Crippen molar-refractivity contribution >= 4 is 35.0 Å². The Morgan fingerprint density at radius 2 is 2.25 bits per heavy atom. The Labute approximate surface area is 125 Å². The van der Waals surface area contributed by atoms with Crippen LogP contribution in [-0.4, -0.2) is 23.8 Å². The highest BCUT2D eigenvalue weighted by atomic mass is 35.5. The van der Waals surface area contributed by atoms with E-state index in [0.717, 1.165) is 12.8 Å². The summed E-state index contributed by atoms with van der Waals surface area (Å²) in [5.74, 6) is 0.393. The minimum absolute atomic E-state index is 0.0105. The van der Waals surface area contributed by atoms with Gasteiger partial charge in [0.25, 0.3) is 5.69 Å². The molecule has 0 aromatic heterocycles. The van der Waals surface area contributed by atoms with E-state index >= 15 is 0 Å². The molecule has 1 aliphatic rings. The number of halogens is 1. The molecule has 0 atom stereocenters. The molecule has 1 aliphatic carbocycles. The lowest BCUT2D eigenvalue weighted by molar-refractivity contribution is -0.387. The third-order valence-electron chi connectivity index (χ3n) is 3.37. The van der Waals surface area contributed by atoms with Gasteiger partial charge in [-0.3, -0.25) is 14.9 Å². The van der Waals surface area contributed by atoms with Gasteiger partial charge < -0.3 is 4.74 Å². The minimum Gasteiger partial charge on any atom is -0.469 e. The monoisotopic (exact) mass is 315 g/mol. The van der Waals surface area contributed by atoms with Crippen LogP contribution < -0.4 is 0 Å². The second-order valence-electron chi connectivity index (χ2n) is 4.89. The van der Waals surface area contributed by atoms with E-state index < -0.39 is 4.92 Å². The summed E-state index contributed by atoms with van der Waals surface area (Å²) in [5.41, 5.74) is -0.0819. The minimum atomic E-state index is -0.436. The average Bonchev–Trinajstić information content (AvgIpc) is 3.16. The van der Waals surface area contributed by atoms with Crippen LogP contribution in [0.4, 0.5) is 5.69 Å². The van der Waals surface area contributed by atoms with E-state index in [0.29, 0.717) is 22.1 Å². The third-order valence-corrected chi connectivity index (χ3v) is 5.27. The van der Waals surface area contributed by atoms with Crippen LogP contribution in [0.25, 0.3) is 0 Å². The maximum atomic E-state index is 11.4. The Hall–Kier alpha value is -1.27. The lowest BCUT2D eigenvalue weighted by Crippen LogP contribution is -2.13. The van der Waals surface area contributed by atoms with Crippen molar-refractivity contribution < 1.29 is 14.5 Å². The molecule has 108 valence electrons. The number of methoxy groups -OCH3 is 1. The number of rotatable bonds is 6. The first-order chi connectivity index (χ1) is 9.47. The molecule has 7 heteroatoms. The van der Waals surface area contributed by atoms with Gasteiger partial charge in [-0.1, -0.05) is 17.7 Å². The molecule has 0 amide bonds. The van der Waals surface area contributed by atoms with Gasteiger partial charge in [0.05, 0.1) is 23.5 Å². The van der Waals surface area contributed by atoms with Crippen molar-refractivity contribution in [2.45, 2.75) is 24.2 Å². The second kappa shape index (κ2) is 6.01. The lowest BCUT2D eigenvalue weighted by atomic mass is 10.1. The zero-order valence-corrected chi connectivity index (χ0v) is 12.5. The van der Waals surface area contributed by atoms with E-state index in [1.807, 2.05) is 0 Å². The molecule has 1 aromatic rings. The van der Waals surface area contributed by atoms with Crippen LogP contribution in [0.15, 0.2) is 23.1 Å². The Bertz CT molecular complexity index is 545. The maximum absolute atomic E-state index is 11.4. The normalized spacial score (nSPS) is 15.7. The Balaban J connectivity index is 2.08. The van der Waals surface area contributed by atoms with Crippen LogP contribution in [0.1, 0.15) is 19.3 Å². The van der Waals surface area contributed by atoms with Crippen LogP contribution >= 0.6 is 23.4 Å². The molecule has 0 radical (unpaired) electrons. The number of carbonyl (C=O) groups excluding carboxylic acids is 1. The smallest absolute Gasteiger partial charge is 0.306 e. The van der Waals surface area contributed by atoms with Gasteiger partial charge in [0.2, 0.25) is 0 Å². The maximum Gasteiger partial charge on any atom is 0.306 e. The average molecular weight is 316 g/mol. The largest absolute Gasteiger partial charge is 0.469 e. The summed E-state index contributed by atoms with van der Waals surface area (Å²) in [7, 11) is 1.37. The third kappa shape index (κ3) is 3.43. The van der Waals surface area contributed by atoms with E-state index in [4.69, 9.17) is 11.6 Å². The molecule has 2 rings (SSSR count). The van der Waals surface area contributed by atoms with Crippen molar-refractivity contribution in [1.82, 2.24) is 0 Å². The summed E-state index contributed by atoms with van der Waals surface area (Å²) in [5, 5.41) is 11.4. The molecule has 0 unspecified atom stereocenters. The lowest BCUT2D eigenvalue weighted by Gasteiger charge is -2.13. The topological polar surface area (TPSA) is 69.4 Å². The molecule has 0 bridgehead atoms. The molecular formula is C13H14ClNO4S. The first-order valence-electron chi connectivity index (χ1n) is 6.10. The SMILES string of the molecule is COC(=O)CC1(CSc2c(Cl)cccc2[N+](=O)[O-])CC1. The van der Waals surface area contributed by atoms with Crippen LogP contribution in [0, 0.1) is 15.5 Å². The number of carbonyl (C=O) groups is 1. The van der Waals surface area contributed by atoms with Crippen molar-refractivity contribution in [3.63, 3.8) is 0 Å². The number of ether oxygens (including phenoxy) is 1. The van der Waals surface area contributed by atoms with Crippen LogP contribution in [0.5, 0.6) is 0 Å². The van der Waals surface area contributed by atoms with E-state index in [9.17, 15) is 14.9 Å². The fourth-order valence-electron chi connectivity index (χ4n) is 1.94. The number of hydrogen-bond acceptors (Lipinski definition) is 5. The molecule has 20 heavy (non-hydrogen) atoms. The summed E-state index contributed by atoms with van der Waals surface area (Å²) >= 11 is 7.38. The predicted molar refractivity (Wildman–Crippen MR) is 77.1 cm³/mol. The summed E-state index contributed by atoms with van der Waals surface area (Å²) in [6.07, 6.45) is 2.23. The number of nitro benzene ring substituents is 1. The molecule has 1 fully saturated rings.